The number of rotatable bonds is 6. The fraction of sp³-hybridized carbons (Fsp3) is 0.304. The molecule has 5 rings (SSSR count). The monoisotopic (exact) mass is 389 g/mol. The van der Waals surface area contributed by atoms with Gasteiger partial charge in [-0.25, -0.2) is 0 Å². The number of aromatic nitrogens is 2. The minimum atomic E-state index is -0.0596. The molecule has 2 heterocycles. The van der Waals surface area contributed by atoms with E-state index in [9.17, 15) is 4.79 Å². The van der Waals surface area contributed by atoms with Crippen LogP contribution in [0.5, 0.6) is 11.5 Å². The van der Waals surface area contributed by atoms with Crippen molar-refractivity contribution < 1.29 is 14.3 Å². The molecule has 6 nitrogen and oxygen atoms in total. The topological polar surface area (TPSA) is 76.2 Å². The van der Waals surface area contributed by atoms with Crippen molar-refractivity contribution in [2.75, 3.05) is 6.79 Å². The van der Waals surface area contributed by atoms with Crippen LogP contribution in [0.1, 0.15) is 46.8 Å². The number of amides is 1. The summed E-state index contributed by atoms with van der Waals surface area (Å²) < 4.78 is 11.0. The Kier molecular flexibility index (Phi) is 4.68. The zero-order chi connectivity index (χ0) is 19.6. The van der Waals surface area contributed by atoms with E-state index in [1.54, 1.807) is 0 Å². The molecule has 0 unspecified atom stereocenters. The minimum Gasteiger partial charge on any atom is -0.454 e. The zero-order valence-corrected chi connectivity index (χ0v) is 16.1. The summed E-state index contributed by atoms with van der Waals surface area (Å²) in [7, 11) is 0. The van der Waals surface area contributed by atoms with Crippen LogP contribution in [0, 0.1) is 0 Å². The van der Waals surface area contributed by atoms with Crippen LogP contribution in [-0.4, -0.2) is 22.9 Å². The lowest BCUT2D eigenvalue weighted by atomic mass is 9.88. The molecule has 1 atom stereocenters. The molecule has 0 spiro atoms. The molecule has 1 aliphatic carbocycles. The number of aromatic amines is 1. The molecule has 2 N–H and O–H groups in total. The van der Waals surface area contributed by atoms with Crippen molar-refractivity contribution in [2.24, 2.45) is 0 Å². The number of fused-ring (bicyclic) bond motifs is 2. The highest BCUT2D eigenvalue weighted by Crippen LogP contribution is 2.37. The van der Waals surface area contributed by atoms with Crippen LogP contribution in [0.3, 0.4) is 0 Å². The maximum Gasteiger partial charge on any atom is 0.231 e. The number of nitrogens with zero attached hydrogens (tertiary/aromatic N) is 1. The number of ether oxygens (including phenoxy) is 2. The van der Waals surface area contributed by atoms with Crippen LogP contribution in [0.2, 0.25) is 0 Å². The quantitative estimate of drug-likeness (QED) is 0.677. The fourth-order valence-electron chi connectivity index (χ4n) is 4.22. The molecule has 1 amide bonds. The van der Waals surface area contributed by atoms with E-state index in [1.165, 1.54) is 11.3 Å². The predicted molar refractivity (Wildman–Crippen MR) is 108 cm³/mol. The summed E-state index contributed by atoms with van der Waals surface area (Å²) in [6.45, 7) is 0.705. The van der Waals surface area contributed by atoms with Gasteiger partial charge in [0.15, 0.2) is 11.5 Å². The van der Waals surface area contributed by atoms with Gasteiger partial charge in [0.1, 0.15) is 0 Å². The molecule has 1 aliphatic heterocycles. The van der Waals surface area contributed by atoms with E-state index in [0.717, 1.165) is 47.6 Å². The van der Waals surface area contributed by atoms with Gasteiger partial charge in [-0.2, -0.15) is 5.10 Å². The molecular weight excluding hydrogens is 366 g/mol. The third kappa shape index (κ3) is 3.58. The van der Waals surface area contributed by atoms with Crippen LogP contribution in [0.4, 0.5) is 0 Å². The van der Waals surface area contributed by atoms with Gasteiger partial charge in [0, 0.05) is 18.0 Å². The fourth-order valence-corrected chi connectivity index (χ4v) is 4.22. The Labute approximate surface area is 169 Å². The molecule has 0 saturated heterocycles. The van der Waals surface area contributed by atoms with Crippen molar-refractivity contribution in [1.29, 1.82) is 0 Å². The third-order valence-electron chi connectivity index (χ3n) is 5.74. The number of carbonyl (C=O) groups is 1. The second-order valence-corrected chi connectivity index (χ2v) is 7.54. The lowest BCUT2D eigenvalue weighted by Crippen LogP contribution is -2.25. The number of carbonyl (C=O) groups excluding carboxylic acids is 1. The first-order valence-electron chi connectivity index (χ1n) is 10.0. The largest absolute Gasteiger partial charge is 0.454 e. The van der Waals surface area contributed by atoms with Gasteiger partial charge in [-0.05, 0) is 48.1 Å². The Hall–Kier alpha value is -3.28. The van der Waals surface area contributed by atoms with Crippen molar-refractivity contribution in [2.45, 2.75) is 38.1 Å². The normalized spacial score (nSPS) is 15.2. The summed E-state index contributed by atoms with van der Waals surface area (Å²) in [6, 6.07) is 16.0. The van der Waals surface area contributed by atoms with Gasteiger partial charge in [0.05, 0.1) is 12.2 Å². The average molecular weight is 389 g/mol. The van der Waals surface area contributed by atoms with Crippen LogP contribution in [0.15, 0.2) is 48.5 Å². The summed E-state index contributed by atoms with van der Waals surface area (Å²) in [5.41, 5.74) is 5.60. The van der Waals surface area contributed by atoms with Gasteiger partial charge in [-0.1, -0.05) is 36.4 Å². The summed E-state index contributed by atoms with van der Waals surface area (Å²) in [5.74, 6) is 1.43. The predicted octanol–water partition coefficient (Wildman–Crippen LogP) is 3.47. The Balaban J connectivity index is 1.33. The molecule has 0 fully saturated rings. The molecule has 148 valence electrons. The molecule has 2 aliphatic rings. The van der Waals surface area contributed by atoms with E-state index in [1.807, 2.05) is 36.4 Å². The van der Waals surface area contributed by atoms with Gasteiger partial charge in [-0.15, -0.1) is 0 Å². The Bertz CT molecular complexity index is 1030. The maximum atomic E-state index is 12.8. The molecule has 0 bridgehead atoms. The number of H-pyrrole nitrogens is 1. The third-order valence-corrected chi connectivity index (χ3v) is 5.74. The van der Waals surface area contributed by atoms with E-state index in [0.29, 0.717) is 13.0 Å². The van der Waals surface area contributed by atoms with E-state index < -0.39 is 0 Å². The Morgan fingerprint density at radius 3 is 2.83 bits per heavy atom. The molecule has 29 heavy (non-hydrogen) atoms. The second kappa shape index (κ2) is 7.62. The number of hydrogen-bond acceptors (Lipinski definition) is 4. The molecule has 0 radical (unpaired) electrons. The van der Waals surface area contributed by atoms with Gasteiger partial charge < -0.3 is 14.8 Å². The first kappa shape index (κ1) is 17.8. The summed E-state index contributed by atoms with van der Waals surface area (Å²) in [4.78, 5) is 12.8. The van der Waals surface area contributed by atoms with Crippen molar-refractivity contribution in [1.82, 2.24) is 15.5 Å². The average Bonchev–Trinajstić information content (AvgIpc) is 3.48. The molecule has 3 aromatic rings. The Morgan fingerprint density at radius 2 is 1.93 bits per heavy atom. The SMILES string of the molecule is O=C(C[C@H](c1ccccc1)c1ccc2c(c1)OCO2)NCc1n[nH]c2c1CCC2. The number of benzene rings is 2. The van der Waals surface area contributed by atoms with Crippen molar-refractivity contribution in [3.63, 3.8) is 0 Å². The lowest BCUT2D eigenvalue weighted by molar-refractivity contribution is -0.121. The molecule has 0 saturated carbocycles. The van der Waals surface area contributed by atoms with Gasteiger partial charge in [0.2, 0.25) is 12.7 Å². The molecule has 6 heteroatoms. The highest BCUT2D eigenvalue weighted by atomic mass is 16.7. The summed E-state index contributed by atoms with van der Waals surface area (Å²) in [5, 5.41) is 10.5. The maximum absolute atomic E-state index is 12.8. The zero-order valence-electron chi connectivity index (χ0n) is 16.1. The molecule has 1 aromatic heterocycles. The van der Waals surface area contributed by atoms with Crippen molar-refractivity contribution >= 4 is 5.91 Å². The number of hydrogen-bond donors (Lipinski definition) is 2. The standard InChI is InChI=1S/C23H23N3O3/c27-23(24-13-20-17-7-4-8-19(17)25-26-20)12-18(15-5-2-1-3-6-15)16-9-10-21-22(11-16)29-14-28-21/h1-3,5-6,9-11,18H,4,7-8,12-14H2,(H,24,27)(H,25,26)/t18-/m1/s1. The van der Waals surface area contributed by atoms with Gasteiger partial charge >= 0.3 is 0 Å². The van der Waals surface area contributed by atoms with Crippen molar-refractivity contribution in [3.05, 3.63) is 76.6 Å². The van der Waals surface area contributed by atoms with E-state index in [2.05, 4.69) is 27.6 Å². The van der Waals surface area contributed by atoms with E-state index >= 15 is 0 Å². The smallest absolute Gasteiger partial charge is 0.231 e. The van der Waals surface area contributed by atoms with Crippen LogP contribution in [0.25, 0.3) is 0 Å². The molecular formula is C23H23N3O3. The molecule has 2 aromatic carbocycles. The number of aryl methyl sites for hydroxylation is 1. The van der Waals surface area contributed by atoms with E-state index in [4.69, 9.17) is 9.47 Å². The van der Waals surface area contributed by atoms with Gasteiger partial charge in [0.25, 0.3) is 0 Å². The first-order chi connectivity index (χ1) is 14.3. The highest BCUT2D eigenvalue weighted by molar-refractivity contribution is 5.77. The van der Waals surface area contributed by atoms with Crippen LogP contribution >= 0.6 is 0 Å². The van der Waals surface area contributed by atoms with Crippen molar-refractivity contribution in [3.8, 4) is 11.5 Å². The number of nitrogens with one attached hydrogen (secondary N) is 2. The van der Waals surface area contributed by atoms with Crippen LogP contribution in [-0.2, 0) is 24.2 Å². The second-order valence-electron chi connectivity index (χ2n) is 7.54. The first-order valence-corrected chi connectivity index (χ1v) is 10.0. The Morgan fingerprint density at radius 1 is 1.07 bits per heavy atom. The summed E-state index contributed by atoms with van der Waals surface area (Å²) >= 11 is 0. The minimum absolute atomic E-state index is 0.00580. The van der Waals surface area contributed by atoms with Gasteiger partial charge in [-0.3, -0.25) is 9.89 Å². The highest BCUT2D eigenvalue weighted by Gasteiger charge is 2.23. The lowest BCUT2D eigenvalue weighted by Gasteiger charge is -2.18. The van der Waals surface area contributed by atoms with Crippen LogP contribution < -0.4 is 14.8 Å². The summed E-state index contributed by atoms with van der Waals surface area (Å²) in [6.07, 6.45) is 3.61. The van der Waals surface area contributed by atoms with E-state index in [-0.39, 0.29) is 18.6 Å².